The van der Waals surface area contributed by atoms with Crippen LogP contribution in [0.3, 0.4) is 0 Å². The SMILES string of the molecule is CCCCN1CCC[C@@H]1c1ccc(Br)nc1. The summed E-state index contributed by atoms with van der Waals surface area (Å²) in [4.78, 5) is 6.93. The molecule has 0 N–H and O–H groups in total. The number of rotatable bonds is 4. The Morgan fingerprint density at radius 1 is 1.50 bits per heavy atom. The number of halogens is 1. The van der Waals surface area contributed by atoms with Gasteiger partial charge in [-0.2, -0.15) is 0 Å². The van der Waals surface area contributed by atoms with E-state index in [1.165, 1.54) is 44.3 Å². The third-order valence-corrected chi connectivity index (χ3v) is 3.77. The third-order valence-electron chi connectivity index (χ3n) is 3.30. The van der Waals surface area contributed by atoms with Gasteiger partial charge < -0.3 is 0 Å². The van der Waals surface area contributed by atoms with Crippen LogP contribution in [0.5, 0.6) is 0 Å². The van der Waals surface area contributed by atoms with Crippen LogP contribution in [0.25, 0.3) is 0 Å². The molecule has 0 amide bonds. The first-order valence-corrected chi connectivity index (χ1v) is 6.96. The lowest BCUT2D eigenvalue weighted by atomic mass is 10.1. The molecular weight excluding hydrogens is 264 g/mol. The molecule has 2 heterocycles. The second kappa shape index (κ2) is 5.78. The molecule has 88 valence electrons. The molecule has 0 unspecified atom stereocenters. The molecule has 2 rings (SSSR count). The van der Waals surface area contributed by atoms with Crippen molar-refractivity contribution in [2.24, 2.45) is 0 Å². The van der Waals surface area contributed by atoms with E-state index < -0.39 is 0 Å². The van der Waals surface area contributed by atoms with Gasteiger partial charge in [0.15, 0.2) is 0 Å². The van der Waals surface area contributed by atoms with Gasteiger partial charge in [0.25, 0.3) is 0 Å². The average Bonchev–Trinajstić information content (AvgIpc) is 2.75. The summed E-state index contributed by atoms with van der Waals surface area (Å²) in [6, 6.07) is 4.85. The van der Waals surface area contributed by atoms with Gasteiger partial charge in [0.05, 0.1) is 0 Å². The molecule has 0 radical (unpaired) electrons. The number of aromatic nitrogens is 1. The fraction of sp³-hybridized carbons (Fsp3) is 0.615. The zero-order valence-electron chi connectivity index (χ0n) is 9.82. The van der Waals surface area contributed by atoms with Crippen molar-refractivity contribution in [1.29, 1.82) is 0 Å². The van der Waals surface area contributed by atoms with E-state index in [1.54, 1.807) is 0 Å². The number of hydrogen-bond acceptors (Lipinski definition) is 2. The van der Waals surface area contributed by atoms with Crippen LogP contribution in [0.4, 0.5) is 0 Å². The van der Waals surface area contributed by atoms with E-state index in [0.29, 0.717) is 6.04 Å². The number of pyridine rings is 1. The van der Waals surface area contributed by atoms with E-state index in [0.717, 1.165) is 4.60 Å². The molecule has 1 aliphatic rings. The van der Waals surface area contributed by atoms with Crippen LogP contribution in [-0.2, 0) is 0 Å². The highest BCUT2D eigenvalue weighted by Gasteiger charge is 2.25. The summed E-state index contributed by atoms with van der Waals surface area (Å²) in [5, 5.41) is 0. The quantitative estimate of drug-likeness (QED) is 0.782. The van der Waals surface area contributed by atoms with E-state index in [4.69, 9.17) is 0 Å². The maximum Gasteiger partial charge on any atom is 0.106 e. The van der Waals surface area contributed by atoms with Crippen molar-refractivity contribution in [1.82, 2.24) is 9.88 Å². The Balaban J connectivity index is 2.04. The second-order valence-electron chi connectivity index (χ2n) is 4.46. The maximum atomic E-state index is 4.33. The smallest absolute Gasteiger partial charge is 0.106 e. The summed E-state index contributed by atoms with van der Waals surface area (Å²) in [6.07, 6.45) is 7.21. The molecule has 2 nitrogen and oxygen atoms in total. The molecule has 1 fully saturated rings. The first kappa shape index (κ1) is 12.1. The van der Waals surface area contributed by atoms with Crippen molar-refractivity contribution in [3.05, 3.63) is 28.5 Å². The minimum absolute atomic E-state index is 0.604. The van der Waals surface area contributed by atoms with Gasteiger partial charge in [0, 0.05) is 12.2 Å². The Bertz CT molecular complexity index is 323. The van der Waals surface area contributed by atoms with Gasteiger partial charge >= 0.3 is 0 Å². The minimum Gasteiger partial charge on any atom is -0.296 e. The van der Waals surface area contributed by atoms with Crippen LogP contribution in [0, 0.1) is 0 Å². The lowest BCUT2D eigenvalue weighted by Gasteiger charge is -2.24. The van der Waals surface area contributed by atoms with Crippen LogP contribution in [-0.4, -0.2) is 23.0 Å². The van der Waals surface area contributed by atoms with Gasteiger partial charge in [-0.15, -0.1) is 0 Å². The molecule has 1 atom stereocenters. The van der Waals surface area contributed by atoms with Gasteiger partial charge in [-0.1, -0.05) is 19.4 Å². The number of nitrogens with zero attached hydrogens (tertiary/aromatic N) is 2. The summed E-state index contributed by atoms with van der Waals surface area (Å²) in [7, 11) is 0. The maximum absolute atomic E-state index is 4.33. The van der Waals surface area contributed by atoms with E-state index >= 15 is 0 Å². The number of likely N-dealkylation sites (tertiary alicyclic amines) is 1. The van der Waals surface area contributed by atoms with Crippen LogP contribution >= 0.6 is 15.9 Å². The van der Waals surface area contributed by atoms with E-state index in [1.807, 2.05) is 12.3 Å². The second-order valence-corrected chi connectivity index (χ2v) is 5.27. The van der Waals surface area contributed by atoms with Gasteiger partial charge in [-0.25, -0.2) is 4.98 Å². The normalized spacial score (nSPS) is 21.5. The Kier molecular flexibility index (Phi) is 4.36. The zero-order chi connectivity index (χ0) is 11.4. The predicted molar refractivity (Wildman–Crippen MR) is 70.4 cm³/mol. The van der Waals surface area contributed by atoms with Gasteiger partial charge in [0.1, 0.15) is 4.60 Å². The largest absolute Gasteiger partial charge is 0.296 e. The molecule has 0 saturated carbocycles. The molecule has 1 aromatic heterocycles. The highest BCUT2D eigenvalue weighted by molar-refractivity contribution is 9.10. The molecule has 0 bridgehead atoms. The Morgan fingerprint density at radius 2 is 2.38 bits per heavy atom. The van der Waals surface area contributed by atoms with Crippen molar-refractivity contribution in [3.8, 4) is 0 Å². The fourth-order valence-corrected chi connectivity index (χ4v) is 2.65. The first-order valence-electron chi connectivity index (χ1n) is 6.16. The van der Waals surface area contributed by atoms with Crippen LogP contribution in [0.15, 0.2) is 22.9 Å². The summed E-state index contributed by atoms with van der Waals surface area (Å²) in [6.45, 7) is 4.74. The number of unbranched alkanes of at least 4 members (excludes halogenated alkanes) is 1. The van der Waals surface area contributed by atoms with Crippen LogP contribution < -0.4 is 0 Å². The van der Waals surface area contributed by atoms with Gasteiger partial charge in [-0.05, 0) is 59.9 Å². The Labute approximate surface area is 106 Å². The van der Waals surface area contributed by atoms with Crippen molar-refractivity contribution >= 4 is 15.9 Å². The molecule has 1 aliphatic heterocycles. The van der Waals surface area contributed by atoms with Gasteiger partial charge in [-0.3, -0.25) is 4.90 Å². The predicted octanol–water partition coefficient (Wildman–Crippen LogP) is 3.78. The van der Waals surface area contributed by atoms with Gasteiger partial charge in [0.2, 0.25) is 0 Å². The van der Waals surface area contributed by atoms with Crippen molar-refractivity contribution in [2.45, 2.75) is 38.6 Å². The van der Waals surface area contributed by atoms with E-state index in [9.17, 15) is 0 Å². The summed E-state index contributed by atoms with van der Waals surface area (Å²) < 4.78 is 0.925. The molecular formula is C13H19BrN2. The van der Waals surface area contributed by atoms with E-state index in [2.05, 4.69) is 38.8 Å². The topological polar surface area (TPSA) is 16.1 Å². The molecule has 16 heavy (non-hydrogen) atoms. The molecule has 1 aromatic rings. The van der Waals surface area contributed by atoms with Crippen molar-refractivity contribution in [2.75, 3.05) is 13.1 Å². The first-order chi connectivity index (χ1) is 7.81. The van der Waals surface area contributed by atoms with Crippen molar-refractivity contribution in [3.63, 3.8) is 0 Å². The highest BCUT2D eigenvalue weighted by atomic mass is 79.9. The molecule has 0 spiro atoms. The van der Waals surface area contributed by atoms with Crippen molar-refractivity contribution < 1.29 is 0 Å². The van der Waals surface area contributed by atoms with Crippen LogP contribution in [0.1, 0.15) is 44.2 Å². The summed E-state index contributed by atoms with van der Waals surface area (Å²) in [5.74, 6) is 0. The highest BCUT2D eigenvalue weighted by Crippen LogP contribution is 2.31. The lowest BCUT2D eigenvalue weighted by molar-refractivity contribution is 0.253. The van der Waals surface area contributed by atoms with E-state index in [-0.39, 0.29) is 0 Å². The third kappa shape index (κ3) is 2.83. The summed E-state index contributed by atoms with van der Waals surface area (Å²) in [5.41, 5.74) is 1.37. The molecule has 3 heteroatoms. The number of hydrogen-bond donors (Lipinski definition) is 0. The Hall–Kier alpha value is -0.410. The molecule has 0 aliphatic carbocycles. The van der Waals surface area contributed by atoms with Crippen LogP contribution in [0.2, 0.25) is 0 Å². The lowest BCUT2D eigenvalue weighted by Crippen LogP contribution is -2.24. The fourth-order valence-electron chi connectivity index (χ4n) is 2.42. The standard InChI is InChI=1S/C13H19BrN2/c1-2-3-8-16-9-4-5-12(16)11-6-7-13(14)15-10-11/h6-7,10,12H,2-5,8-9H2,1H3/t12-/m1/s1. The average molecular weight is 283 g/mol. The zero-order valence-corrected chi connectivity index (χ0v) is 11.4. The molecule has 1 saturated heterocycles. The Morgan fingerprint density at radius 3 is 3.06 bits per heavy atom. The summed E-state index contributed by atoms with van der Waals surface area (Å²) >= 11 is 3.39. The monoisotopic (exact) mass is 282 g/mol. The molecule has 0 aromatic carbocycles. The minimum atomic E-state index is 0.604.